The number of rotatable bonds is 13. The first-order valence-electron chi connectivity index (χ1n) is 12.7. The van der Waals surface area contributed by atoms with E-state index in [9.17, 15) is 14.7 Å². The van der Waals surface area contributed by atoms with Crippen molar-refractivity contribution < 1.29 is 19.4 Å². The lowest BCUT2D eigenvalue weighted by atomic mass is 9.95. The molecule has 7 nitrogen and oxygen atoms in total. The molecule has 1 unspecified atom stereocenters. The minimum absolute atomic E-state index is 0.112. The van der Waals surface area contributed by atoms with Gasteiger partial charge in [-0.15, -0.1) is 0 Å². The Balaban J connectivity index is 1.91. The number of benzene rings is 1. The number of carbonyl (C=O) groups is 2. The molecule has 1 aliphatic heterocycles. The Morgan fingerprint density at radius 1 is 1.00 bits per heavy atom. The second-order valence-corrected chi connectivity index (χ2v) is 8.73. The largest absolute Gasteiger partial charge is 0.507 e. The van der Waals surface area contributed by atoms with E-state index in [1.165, 1.54) is 0 Å². The summed E-state index contributed by atoms with van der Waals surface area (Å²) in [6, 6.07) is 10.1. The first kappa shape index (κ1) is 26.4. The summed E-state index contributed by atoms with van der Waals surface area (Å²) in [6.07, 6.45) is 7.08. The average Bonchev–Trinajstić information content (AvgIpc) is 3.14. The number of nitrogens with zero attached hydrogens (tertiary/aromatic N) is 3. The van der Waals surface area contributed by atoms with Gasteiger partial charge in [-0.3, -0.25) is 14.6 Å². The van der Waals surface area contributed by atoms with E-state index in [0.717, 1.165) is 56.6 Å². The molecule has 2 aromatic rings. The molecule has 1 fully saturated rings. The van der Waals surface area contributed by atoms with Crippen molar-refractivity contribution in [3.05, 3.63) is 65.5 Å². The smallest absolute Gasteiger partial charge is 0.295 e. The lowest BCUT2D eigenvalue weighted by Gasteiger charge is -2.27. The van der Waals surface area contributed by atoms with E-state index < -0.39 is 17.7 Å². The zero-order valence-electron chi connectivity index (χ0n) is 21.1. The van der Waals surface area contributed by atoms with Gasteiger partial charge >= 0.3 is 0 Å². The molecule has 1 N–H and O–H groups in total. The minimum Gasteiger partial charge on any atom is -0.507 e. The third-order valence-electron chi connectivity index (χ3n) is 6.47. The first-order valence-corrected chi connectivity index (χ1v) is 12.7. The summed E-state index contributed by atoms with van der Waals surface area (Å²) in [5, 5.41) is 11.1. The number of amides is 1. The summed E-state index contributed by atoms with van der Waals surface area (Å²) >= 11 is 0. The fourth-order valence-electron chi connectivity index (χ4n) is 4.42. The Morgan fingerprint density at radius 2 is 1.69 bits per heavy atom. The van der Waals surface area contributed by atoms with E-state index in [0.29, 0.717) is 18.7 Å². The molecule has 0 saturated carbocycles. The molecule has 1 aliphatic rings. The predicted octanol–water partition coefficient (Wildman–Crippen LogP) is 4.80. The number of likely N-dealkylation sites (tertiary alicyclic amines) is 1. The number of aliphatic hydroxyl groups excluding tert-OH is 1. The molecule has 0 radical (unpaired) electrons. The highest BCUT2D eigenvalue weighted by Crippen LogP contribution is 2.39. The molecule has 0 bridgehead atoms. The van der Waals surface area contributed by atoms with E-state index in [4.69, 9.17) is 4.74 Å². The van der Waals surface area contributed by atoms with Gasteiger partial charge in [0, 0.05) is 24.5 Å². The third kappa shape index (κ3) is 6.48. The van der Waals surface area contributed by atoms with Crippen LogP contribution >= 0.6 is 0 Å². The van der Waals surface area contributed by atoms with Gasteiger partial charge in [-0.25, -0.2) is 0 Å². The summed E-state index contributed by atoms with van der Waals surface area (Å²) in [7, 11) is 0. The molecule has 1 aromatic heterocycles. The maximum Gasteiger partial charge on any atom is 0.295 e. The number of hydrogen-bond donors (Lipinski definition) is 1. The van der Waals surface area contributed by atoms with Crippen LogP contribution in [-0.4, -0.2) is 64.4 Å². The molecule has 7 heteroatoms. The molecule has 3 rings (SSSR count). The van der Waals surface area contributed by atoms with Gasteiger partial charge in [0.2, 0.25) is 0 Å². The summed E-state index contributed by atoms with van der Waals surface area (Å²) in [5.74, 6) is -0.670. The fourth-order valence-corrected chi connectivity index (χ4v) is 4.42. The van der Waals surface area contributed by atoms with Crippen LogP contribution in [-0.2, 0) is 9.59 Å². The Labute approximate surface area is 208 Å². The van der Waals surface area contributed by atoms with Crippen LogP contribution in [0.15, 0.2) is 54.4 Å². The normalized spacial score (nSPS) is 17.4. The van der Waals surface area contributed by atoms with Crippen molar-refractivity contribution in [1.29, 1.82) is 0 Å². The van der Waals surface area contributed by atoms with Crippen molar-refractivity contribution >= 4 is 17.4 Å². The molecule has 2 heterocycles. The SMILES string of the molecule is CCCCCOc1ccc(C2C(=C(O)c3ccncc3)C(=O)C(=O)N2CCCN(CC)CC)cc1. The predicted molar refractivity (Wildman–Crippen MR) is 137 cm³/mol. The molecule has 188 valence electrons. The average molecular weight is 480 g/mol. The topological polar surface area (TPSA) is 83.0 Å². The Morgan fingerprint density at radius 3 is 2.31 bits per heavy atom. The van der Waals surface area contributed by atoms with Gasteiger partial charge in [0.05, 0.1) is 18.2 Å². The van der Waals surface area contributed by atoms with Crippen molar-refractivity contribution in [2.45, 2.75) is 52.5 Å². The Hall–Kier alpha value is -3.19. The third-order valence-corrected chi connectivity index (χ3v) is 6.47. The number of aliphatic hydroxyl groups is 1. The Kier molecular flexibility index (Phi) is 9.85. The molecular formula is C28H37N3O4. The zero-order chi connectivity index (χ0) is 25.2. The second kappa shape index (κ2) is 13.0. The number of ketones is 1. The summed E-state index contributed by atoms with van der Waals surface area (Å²) in [6.45, 7) is 10.1. The number of unbranched alkanes of at least 4 members (excludes halogenated alkanes) is 2. The molecule has 1 amide bonds. The first-order chi connectivity index (χ1) is 17.0. The molecular weight excluding hydrogens is 442 g/mol. The van der Waals surface area contributed by atoms with Crippen LogP contribution in [0.4, 0.5) is 0 Å². The van der Waals surface area contributed by atoms with Crippen LogP contribution < -0.4 is 4.74 Å². The van der Waals surface area contributed by atoms with E-state index >= 15 is 0 Å². The summed E-state index contributed by atoms with van der Waals surface area (Å²) < 4.78 is 5.83. The quantitative estimate of drug-likeness (QED) is 0.192. The second-order valence-electron chi connectivity index (χ2n) is 8.73. The standard InChI is InChI=1S/C28H37N3O4/c1-4-7-8-20-35-23-12-10-21(11-13-23)25-24(26(32)22-14-16-29-17-15-22)27(33)28(34)31(25)19-9-18-30(5-2)6-3/h10-17,25,32H,4-9,18-20H2,1-3H3. The van der Waals surface area contributed by atoms with Gasteiger partial charge in [0.1, 0.15) is 11.5 Å². The number of pyridine rings is 1. The molecule has 35 heavy (non-hydrogen) atoms. The Bertz CT molecular complexity index is 1000. The van der Waals surface area contributed by atoms with E-state index in [1.54, 1.807) is 29.4 Å². The summed E-state index contributed by atoms with van der Waals surface area (Å²) in [4.78, 5) is 34.1. The monoisotopic (exact) mass is 479 g/mol. The van der Waals surface area contributed by atoms with Crippen molar-refractivity contribution in [3.63, 3.8) is 0 Å². The highest BCUT2D eigenvalue weighted by atomic mass is 16.5. The zero-order valence-corrected chi connectivity index (χ0v) is 21.1. The highest BCUT2D eigenvalue weighted by Gasteiger charge is 2.45. The van der Waals surface area contributed by atoms with Crippen LogP contribution in [0.2, 0.25) is 0 Å². The molecule has 1 saturated heterocycles. The van der Waals surface area contributed by atoms with Crippen molar-refractivity contribution in [1.82, 2.24) is 14.8 Å². The number of carbonyl (C=O) groups excluding carboxylic acids is 2. The van der Waals surface area contributed by atoms with Gasteiger partial charge in [-0.1, -0.05) is 45.7 Å². The van der Waals surface area contributed by atoms with E-state index in [2.05, 4.69) is 30.7 Å². The fraction of sp³-hybridized carbons (Fsp3) is 0.464. The van der Waals surface area contributed by atoms with Crippen LogP contribution in [0.1, 0.15) is 63.6 Å². The summed E-state index contributed by atoms with van der Waals surface area (Å²) in [5.41, 5.74) is 1.34. The van der Waals surface area contributed by atoms with Crippen LogP contribution in [0.25, 0.3) is 5.76 Å². The number of Topliss-reactive ketones (excluding diaryl/α,β-unsaturated/α-hetero) is 1. The van der Waals surface area contributed by atoms with Crippen molar-refractivity contribution in [3.8, 4) is 5.75 Å². The highest BCUT2D eigenvalue weighted by molar-refractivity contribution is 6.46. The maximum absolute atomic E-state index is 13.1. The lowest BCUT2D eigenvalue weighted by molar-refractivity contribution is -0.140. The lowest BCUT2D eigenvalue weighted by Crippen LogP contribution is -2.33. The maximum atomic E-state index is 13.1. The van der Waals surface area contributed by atoms with Crippen LogP contribution in [0, 0.1) is 0 Å². The van der Waals surface area contributed by atoms with Gasteiger partial charge in [0.15, 0.2) is 0 Å². The van der Waals surface area contributed by atoms with Crippen molar-refractivity contribution in [2.75, 3.05) is 32.8 Å². The number of hydrogen-bond acceptors (Lipinski definition) is 6. The molecule has 1 aromatic carbocycles. The van der Waals surface area contributed by atoms with E-state index in [-0.39, 0.29) is 11.3 Å². The van der Waals surface area contributed by atoms with Gasteiger partial charge < -0.3 is 19.6 Å². The van der Waals surface area contributed by atoms with Gasteiger partial charge in [0.25, 0.3) is 11.7 Å². The van der Waals surface area contributed by atoms with Gasteiger partial charge in [-0.2, -0.15) is 0 Å². The molecule has 1 atom stereocenters. The van der Waals surface area contributed by atoms with Crippen LogP contribution in [0.5, 0.6) is 5.75 Å². The number of aromatic nitrogens is 1. The van der Waals surface area contributed by atoms with E-state index in [1.807, 2.05) is 24.3 Å². The minimum atomic E-state index is -0.660. The van der Waals surface area contributed by atoms with Gasteiger partial charge in [-0.05, 0) is 62.3 Å². The molecule has 0 spiro atoms. The van der Waals surface area contributed by atoms with Crippen LogP contribution in [0.3, 0.4) is 0 Å². The molecule has 0 aliphatic carbocycles. The van der Waals surface area contributed by atoms with Crippen molar-refractivity contribution in [2.24, 2.45) is 0 Å². The number of ether oxygens (including phenoxy) is 1.